The summed E-state index contributed by atoms with van der Waals surface area (Å²) in [5.41, 5.74) is 0.170. The van der Waals surface area contributed by atoms with Crippen molar-refractivity contribution in [3.8, 4) is 5.75 Å². The number of hydrogen-bond acceptors (Lipinski definition) is 8. The van der Waals surface area contributed by atoms with Crippen molar-refractivity contribution in [2.75, 3.05) is 19.8 Å². The van der Waals surface area contributed by atoms with Gasteiger partial charge in [0.1, 0.15) is 42.3 Å². The number of aliphatic hydroxyl groups is 5. The lowest BCUT2D eigenvalue weighted by Gasteiger charge is -2.25. The minimum atomic E-state index is -1.79. The lowest BCUT2D eigenvalue weighted by Crippen LogP contribution is -2.47. The molecule has 0 aliphatic heterocycles. The molecule has 0 radical (unpaired) electrons. The van der Waals surface area contributed by atoms with Crippen LogP contribution >= 0.6 is 0 Å². The summed E-state index contributed by atoms with van der Waals surface area (Å²) >= 11 is 0. The monoisotopic (exact) mass is 344 g/mol. The molecule has 0 bridgehead atoms. The van der Waals surface area contributed by atoms with E-state index in [1.165, 1.54) is 6.07 Å². The van der Waals surface area contributed by atoms with Crippen LogP contribution in [-0.2, 0) is 4.74 Å². The van der Waals surface area contributed by atoms with Crippen LogP contribution in [-0.4, -0.2) is 75.7 Å². The van der Waals surface area contributed by atoms with E-state index in [1.54, 1.807) is 18.2 Å². The summed E-state index contributed by atoms with van der Waals surface area (Å²) in [6.07, 6.45) is -6.04. The minimum Gasteiger partial charge on any atom is -0.493 e. The van der Waals surface area contributed by atoms with Crippen LogP contribution in [0, 0.1) is 0 Å². The van der Waals surface area contributed by atoms with Crippen LogP contribution in [0.5, 0.6) is 5.75 Å². The highest BCUT2D eigenvalue weighted by Crippen LogP contribution is 2.19. The van der Waals surface area contributed by atoms with E-state index in [0.717, 1.165) is 6.42 Å². The average molecular weight is 344 g/mol. The standard InChI is InChI=1S/C16H24O8/c1-2-7-23-13-6-4-3-5-10(13)16(22)24-9-12(19)15(21)14(20)11(18)8-17/h3-6,11-12,14-15,17-21H,2,7-9H2,1H3/t11-,12+,14+,15+/m0/s1. The summed E-state index contributed by atoms with van der Waals surface area (Å²) in [6.45, 7) is 0.964. The molecule has 136 valence electrons. The number of aliphatic hydroxyl groups excluding tert-OH is 5. The van der Waals surface area contributed by atoms with Crippen molar-refractivity contribution in [3.05, 3.63) is 29.8 Å². The van der Waals surface area contributed by atoms with Gasteiger partial charge in [-0.25, -0.2) is 4.79 Å². The van der Waals surface area contributed by atoms with Crippen molar-refractivity contribution in [1.29, 1.82) is 0 Å². The molecule has 1 aromatic rings. The number of rotatable bonds is 10. The third-order valence-corrected chi connectivity index (χ3v) is 3.28. The van der Waals surface area contributed by atoms with Crippen LogP contribution in [0.3, 0.4) is 0 Å². The molecule has 5 N–H and O–H groups in total. The molecule has 0 saturated heterocycles. The van der Waals surface area contributed by atoms with Gasteiger partial charge in [0.25, 0.3) is 0 Å². The van der Waals surface area contributed by atoms with E-state index in [4.69, 9.17) is 14.6 Å². The zero-order valence-corrected chi connectivity index (χ0v) is 13.4. The maximum absolute atomic E-state index is 12.1. The Morgan fingerprint density at radius 1 is 1.08 bits per heavy atom. The van der Waals surface area contributed by atoms with Gasteiger partial charge in [-0.2, -0.15) is 0 Å². The SMILES string of the molecule is CCCOc1ccccc1C(=O)OC[C@@H](O)[C@@H](O)[C@H](O)[C@@H](O)CO. The summed E-state index contributed by atoms with van der Waals surface area (Å²) < 4.78 is 10.3. The van der Waals surface area contributed by atoms with Crippen LogP contribution in [0.25, 0.3) is 0 Å². The van der Waals surface area contributed by atoms with Crippen molar-refractivity contribution in [2.45, 2.75) is 37.8 Å². The number of carbonyl (C=O) groups excluding carboxylic acids is 1. The fourth-order valence-corrected chi connectivity index (χ4v) is 1.87. The Labute approximate surface area is 139 Å². The fourth-order valence-electron chi connectivity index (χ4n) is 1.87. The third-order valence-electron chi connectivity index (χ3n) is 3.28. The van der Waals surface area contributed by atoms with E-state index in [-0.39, 0.29) is 5.56 Å². The smallest absolute Gasteiger partial charge is 0.342 e. The number of ether oxygens (including phenoxy) is 2. The Bertz CT molecular complexity index is 507. The summed E-state index contributed by atoms with van der Waals surface area (Å²) in [6, 6.07) is 6.44. The van der Waals surface area contributed by atoms with Crippen molar-refractivity contribution in [3.63, 3.8) is 0 Å². The Morgan fingerprint density at radius 2 is 1.71 bits per heavy atom. The van der Waals surface area contributed by atoms with Gasteiger partial charge in [-0.3, -0.25) is 0 Å². The number of esters is 1. The molecular weight excluding hydrogens is 320 g/mol. The lowest BCUT2D eigenvalue weighted by molar-refractivity contribution is -0.124. The van der Waals surface area contributed by atoms with Crippen molar-refractivity contribution >= 4 is 5.97 Å². The molecular formula is C16H24O8. The van der Waals surface area contributed by atoms with Gasteiger partial charge in [-0.15, -0.1) is 0 Å². The molecule has 0 aliphatic rings. The number of para-hydroxylation sites is 1. The zero-order valence-electron chi connectivity index (χ0n) is 13.4. The summed E-state index contributed by atoms with van der Waals surface area (Å²) in [5, 5.41) is 46.8. The van der Waals surface area contributed by atoms with Crippen molar-refractivity contribution in [1.82, 2.24) is 0 Å². The second kappa shape index (κ2) is 10.2. The van der Waals surface area contributed by atoms with Crippen LogP contribution in [0.15, 0.2) is 24.3 Å². The largest absolute Gasteiger partial charge is 0.493 e. The highest BCUT2D eigenvalue weighted by atomic mass is 16.5. The van der Waals surface area contributed by atoms with Gasteiger partial charge in [0.05, 0.1) is 13.2 Å². The topological polar surface area (TPSA) is 137 Å². The minimum absolute atomic E-state index is 0.170. The van der Waals surface area contributed by atoms with Crippen LogP contribution in [0.2, 0.25) is 0 Å². The van der Waals surface area contributed by atoms with E-state index in [0.29, 0.717) is 12.4 Å². The van der Waals surface area contributed by atoms with Crippen LogP contribution in [0.4, 0.5) is 0 Å². The van der Waals surface area contributed by atoms with Gasteiger partial charge in [0, 0.05) is 0 Å². The molecule has 0 heterocycles. The second-order valence-corrected chi connectivity index (χ2v) is 5.24. The normalized spacial score (nSPS) is 16.1. The molecule has 0 aliphatic carbocycles. The van der Waals surface area contributed by atoms with Gasteiger partial charge in [-0.05, 0) is 18.6 Å². The molecule has 1 rings (SSSR count). The van der Waals surface area contributed by atoms with E-state index < -0.39 is 43.6 Å². The average Bonchev–Trinajstić information content (AvgIpc) is 2.62. The predicted octanol–water partition coefficient (Wildman–Crippen LogP) is -0.932. The first-order valence-corrected chi connectivity index (χ1v) is 7.64. The first-order chi connectivity index (χ1) is 11.4. The molecule has 1 aromatic carbocycles. The number of hydrogen-bond donors (Lipinski definition) is 5. The van der Waals surface area contributed by atoms with Gasteiger partial charge < -0.3 is 35.0 Å². The molecule has 0 spiro atoms. The van der Waals surface area contributed by atoms with E-state index in [2.05, 4.69) is 0 Å². The van der Waals surface area contributed by atoms with Gasteiger partial charge in [-0.1, -0.05) is 19.1 Å². The molecule has 24 heavy (non-hydrogen) atoms. The van der Waals surface area contributed by atoms with Gasteiger partial charge >= 0.3 is 5.97 Å². The van der Waals surface area contributed by atoms with Gasteiger partial charge in [0.2, 0.25) is 0 Å². The van der Waals surface area contributed by atoms with E-state index in [9.17, 15) is 25.2 Å². The predicted molar refractivity (Wildman–Crippen MR) is 83.6 cm³/mol. The summed E-state index contributed by atoms with van der Waals surface area (Å²) in [7, 11) is 0. The van der Waals surface area contributed by atoms with E-state index in [1.807, 2.05) is 6.92 Å². The van der Waals surface area contributed by atoms with Gasteiger partial charge in [0.15, 0.2) is 0 Å². The zero-order chi connectivity index (χ0) is 18.1. The Morgan fingerprint density at radius 3 is 2.33 bits per heavy atom. The summed E-state index contributed by atoms with van der Waals surface area (Å²) in [4.78, 5) is 12.1. The molecule has 0 amide bonds. The van der Waals surface area contributed by atoms with Crippen LogP contribution in [0.1, 0.15) is 23.7 Å². The van der Waals surface area contributed by atoms with Crippen molar-refractivity contribution < 1.29 is 39.8 Å². The fraction of sp³-hybridized carbons (Fsp3) is 0.562. The first kappa shape index (κ1) is 20.3. The van der Waals surface area contributed by atoms with Crippen molar-refractivity contribution in [2.24, 2.45) is 0 Å². The molecule has 0 aromatic heterocycles. The summed E-state index contributed by atoms with van der Waals surface area (Å²) in [5.74, 6) is -0.416. The maximum Gasteiger partial charge on any atom is 0.342 e. The lowest BCUT2D eigenvalue weighted by atomic mass is 10.0. The van der Waals surface area contributed by atoms with E-state index >= 15 is 0 Å². The third kappa shape index (κ3) is 5.73. The highest BCUT2D eigenvalue weighted by Gasteiger charge is 2.31. The highest BCUT2D eigenvalue weighted by molar-refractivity contribution is 5.92. The molecule has 0 fully saturated rings. The van der Waals surface area contributed by atoms with Crippen LogP contribution < -0.4 is 4.74 Å². The quantitative estimate of drug-likeness (QED) is 0.343. The Hall–Kier alpha value is -1.71. The molecule has 0 unspecified atom stereocenters. The second-order valence-electron chi connectivity index (χ2n) is 5.24. The molecule has 8 heteroatoms. The molecule has 4 atom stereocenters. The Balaban J connectivity index is 2.62. The number of carbonyl (C=O) groups is 1. The Kier molecular flexibility index (Phi) is 8.66. The molecule has 8 nitrogen and oxygen atoms in total. The first-order valence-electron chi connectivity index (χ1n) is 7.64. The number of benzene rings is 1. The maximum atomic E-state index is 12.1. The molecule has 0 saturated carbocycles.